The van der Waals surface area contributed by atoms with Gasteiger partial charge >= 0.3 is 5.97 Å². The fourth-order valence-electron chi connectivity index (χ4n) is 4.58. The lowest BCUT2D eigenvalue weighted by Crippen LogP contribution is -2.43. The van der Waals surface area contributed by atoms with E-state index in [0.717, 1.165) is 53.2 Å². The number of nitrogens with zero attached hydrogens (tertiary/aromatic N) is 3. The molecule has 0 amide bonds. The molecule has 7 nitrogen and oxygen atoms in total. The minimum atomic E-state index is -0.931. The Morgan fingerprint density at radius 2 is 2.03 bits per heavy atom. The van der Waals surface area contributed by atoms with E-state index in [2.05, 4.69) is 28.9 Å². The Bertz CT molecular complexity index is 1190. The number of carbonyl (C=O) groups is 1. The maximum absolute atomic E-state index is 11.2. The summed E-state index contributed by atoms with van der Waals surface area (Å²) in [4.78, 5) is 21.5. The van der Waals surface area contributed by atoms with E-state index in [-0.39, 0.29) is 23.0 Å². The fraction of sp³-hybridized carbons (Fsp3) is 0.375. The summed E-state index contributed by atoms with van der Waals surface area (Å²) in [6.07, 6.45) is 4.00. The third kappa shape index (κ3) is 3.39. The van der Waals surface area contributed by atoms with Gasteiger partial charge in [0.25, 0.3) is 0 Å². The summed E-state index contributed by atoms with van der Waals surface area (Å²) in [6, 6.07) is 9.14. The molecule has 0 bridgehead atoms. The summed E-state index contributed by atoms with van der Waals surface area (Å²) in [7, 11) is 0. The summed E-state index contributed by atoms with van der Waals surface area (Å²) < 4.78 is 7.72. The number of hydrogen-bond donors (Lipinski definition) is 1. The second kappa shape index (κ2) is 7.20. The van der Waals surface area contributed by atoms with Crippen LogP contribution >= 0.6 is 0 Å². The maximum atomic E-state index is 11.2. The number of hydrogen-bond acceptors (Lipinski definition) is 5. The van der Waals surface area contributed by atoms with E-state index in [1.165, 1.54) is 0 Å². The molecule has 7 heteroatoms. The predicted molar refractivity (Wildman–Crippen MR) is 117 cm³/mol. The number of carboxylic acid groups (broad SMARTS) is 1. The van der Waals surface area contributed by atoms with Crippen LogP contribution in [0.15, 0.2) is 47.9 Å². The lowest BCUT2D eigenvalue weighted by Gasteiger charge is -2.38. The van der Waals surface area contributed by atoms with Gasteiger partial charge in [0.05, 0.1) is 41.4 Å². The van der Waals surface area contributed by atoms with Gasteiger partial charge in [-0.2, -0.15) is 0 Å². The third-order valence-corrected chi connectivity index (χ3v) is 6.28. The van der Waals surface area contributed by atoms with Crippen molar-refractivity contribution in [1.82, 2.24) is 9.55 Å². The summed E-state index contributed by atoms with van der Waals surface area (Å²) in [5, 5.41) is 13.4. The van der Waals surface area contributed by atoms with Crippen molar-refractivity contribution in [3.05, 3.63) is 53.9 Å². The molecule has 5 rings (SSSR count). The van der Waals surface area contributed by atoms with Gasteiger partial charge in [0.1, 0.15) is 6.10 Å². The lowest BCUT2D eigenvalue weighted by atomic mass is 9.88. The molecule has 2 aliphatic heterocycles. The van der Waals surface area contributed by atoms with Crippen LogP contribution in [0.4, 0.5) is 0 Å². The minimum Gasteiger partial charge on any atom is -0.478 e. The van der Waals surface area contributed by atoms with Crippen LogP contribution in [-0.2, 0) is 16.1 Å². The number of rotatable bonds is 5. The Morgan fingerprint density at radius 3 is 2.61 bits per heavy atom. The van der Waals surface area contributed by atoms with E-state index in [4.69, 9.17) is 14.6 Å². The van der Waals surface area contributed by atoms with Crippen molar-refractivity contribution in [3.8, 4) is 11.1 Å². The highest BCUT2D eigenvalue weighted by Gasteiger charge is 2.35. The topological polar surface area (TPSA) is 85.9 Å². The first-order valence-corrected chi connectivity index (χ1v) is 10.5. The Morgan fingerprint density at radius 1 is 1.29 bits per heavy atom. The molecule has 1 aromatic carbocycles. The van der Waals surface area contributed by atoms with Gasteiger partial charge in [-0.05, 0) is 43.2 Å². The summed E-state index contributed by atoms with van der Waals surface area (Å²) in [6.45, 7) is 8.54. The summed E-state index contributed by atoms with van der Waals surface area (Å²) >= 11 is 0. The summed E-state index contributed by atoms with van der Waals surface area (Å²) in [5.74, 6) is -0.847. The van der Waals surface area contributed by atoms with Gasteiger partial charge in [-0.25, -0.2) is 4.79 Å². The predicted octanol–water partition coefficient (Wildman–Crippen LogP) is 4.32. The maximum Gasteiger partial charge on any atom is 0.335 e. The Kier molecular flexibility index (Phi) is 4.59. The Labute approximate surface area is 180 Å². The number of benzene rings is 1. The highest BCUT2D eigenvalue weighted by molar-refractivity contribution is 5.96. The molecule has 160 valence electrons. The molecule has 0 radical (unpaired) electrons. The molecule has 1 N–H and O–H groups in total. The number of pyridine rings is 1. The first kappa shape index (κ1) is 19.8. The Hall–Kier alpha value is -3.19. The number of aromatic carboxylic acids is 1. The molecular weight excluding hydrogens is 394 g/mol. The van der Waals surface area contributed by atoms with Crippen LogP contribution in [-0.4, -0.2) is 45.7 Å². The number of carboxylic acids is 1. The number of fused-ring (bicyclic) bond motifs is 1. The normalized spacial score (nSPS) is 22.1. The first-order valence-electron chi connectivity index (χ1n) is 10.5. The van der Waals surface area contributed by atoms with Crippen molar-refractivity contribution >= 4 is 22.7 Å². The quantitative estimate of drug-likeness (QED) is 0.666. The molecule has 1 saturated heterocycles. The highest BCUT2D eigenvalue weighted by Crippen LogP contribution is 2.37. The molecule has 0 aliphatic carbocycles. The number of aromatic nitrogens is 2. The molecule has 0 saturated carbocycles. The second-order valence-electron chi connectivity index (χ2n) is 9.01. The SMILES string of the molecule is CC1=NOC(C)C1c1cnc2c(-c3ccc(C(=O)O)cc3)cn(CC3(C)COC3)c2c1. The van der Waals surface area contributed by atoms with Gasteiger partial charge in [0.2, 0.25) is 0 Å². The zero-order valence-corrected chi connectivity index (χ0v) is 17.8. The molecule has 3 aromatic rings. The average molecular weight is 419 g/mol. The third-order valence-electron chi connectivity index (χ3n) is 6.28. The number of oxime groups is 1. The van der Waals surface area contributed by atoms with Crippen LogP contribution in [0.3, 0.4) is 0 Å². The monoisotopic (exact) mass is 419 g/mol. The smallest absolute Gasteiger partial charge is 0.335 e. The summed E-state index contributed by atoms with van der Waals surface area (Å²) in [5.41, 5.74) is 6.28. The van der Waals surface area contributed by atoms with E-state index in [1.54, 1.807) is 12.1 Å². The molecular formula is C24H25N3O4. The van der Waals surface area contributed by atoms with E-state index in [9.17, 15) is 9.90 Å². The van der Waals surface area contributed by atoms with E-state index >= 15 is 0 Å². The molecule has 1 fully saturated rings. The van der Waals surface area contributed by atoms with Gasteiger partial charge in [-0.3, -0.25) is 4.98 Å². The van der Waals surface area contributed by atoms with Crippen LogP contribution in [0.2, 0.25) is 0 Å². The molecule has 2 atom stereocenters. The largest absolute Gasteiger partial charge is 0.478 e. The van der Waals surface area contributed by atoms with Gasteiger partial charge in [0.15, 0.2) is 0 Å². The highest BCUT2D eigenvalue weighted by atomic mass is 16.6. The van der Waals surface area contributed by atoms with E-state index in [0.29, 0.717) is 0 Å². The standard InChI is InChI=1S/C24H25N3O4/c1-14-21(15(2)31-26-14)18-8-20-22(25-9-18)19(10-27(20)11-24(3)12-30-13-24)16-4-6-17(7-5-16)23(28)29/h4-10,15,21H,11-13H2,1-3H3,(H,28,29). The average Bonchev–Trinajstić information content (AvgIpc) is 3.26. The van der Waals surface area contributed by atoms with Crippen molar-refractivity contribution in [1.29, 1.82) is 0 Å². The van der Waals surface area contributed by atoms with Crippen molar-refractivity contribution < 1.29 is 19.5 Å². The molecule has 4 heterocycles. The molecule has 2 unspecified atom stereocenters. The fourth-order valence-corrected chi connectivity index (χ4v) is 4.58. The van der Waals surface area contributed by atoms with Crippen molar-refractivity contribution in [3.63, 3.8) is 0 Å². The van der Waals surface area contributed by atoms with E-state index in [1.807, 2.05) is 32.2 Å². The molecule has 2 aromatic heterocycles. The second-order valence-corrected chi connectivity index (χ2v) is 9.01. The van der Waals surface area contributed by atoms with Gasteiger partial charge < -0.3 is 19.2 Å². The Balaban J connectivity index is 1.62. The molecule has 2 aliphatic rings. The van der Waals surface area contributed by atoms with Crippen molar-refractivity contribution in [2.24, 2.45) is 10.6 Å². The van der Waals surface area contributed by atoms with Gasteiger partial charge in [-0.1, -0.05) is 24.2 Å². The first-order chi connectivity index (χ1) is 14.8. The lowest BCUT2D eigenvalue weighted by molar-refractivity contribution is -0.109. The van der Waals surface area contributed by atoms with Crippen LogP contribution < -0.4 is 0 Å². The van der Waals surface area contributed by atoms with Crippen molar-refractivity contribution in [2.75, 3.05) is 13.2 Å². The molecule has 0 spiro atoms. The van der Waals surface area contributed by atoms with E-state index < -0.39 is 5.97 Å². The zero-order valence-electron chi connectivity index (χ0n) is 17.8. The minimum absolute atomic E-state index is 0.0248. The van der Waals surface area contributed by atoms with Crippen molar-refractivity contribution in [2.45, 2.75) is 39.3 Å². The zero-order chi connectivity index (χ0) is 21.8. The molecule has 31 heavy (non-hydrogen) atoms. The van der Waals surface area contributed by atoms with Crippen LogP contribution in [0, 0.1) is 5.41 Å². The van der Waals surface area contributed by atoms with Crippen LogP contribution in [0.5, 0.6) is 0 Å². The van der Waals surface area contributed by atoms with Crippen LogP contribution in [0.25, 0.3) is 22.2 Å². The van der Waals surface area contributed by atoms with Crippen LogP contribution in [0.1, 0.15) is 42.6 Å². The number of ether oxygens (including phenoxy) is 1. The van der Waals surface area contributed by atoms with Gasteiger partial charge in [0, 0.05) is 29.9 Å². The van der Waals surface area contributed by atoms with Gasteiger partial charge in [-0.15, -0.1) is 0 Å².